The van der Waals surface area contributed by atoms with Crippen LogP contribution in [0.4, 0.5) is 0 Å². The quantitative estimate of drug-likeness (QED) is 0.860. The van der Waals surface area contributed by atoms with E-state index in [1.54, 1.807) is 0 Å². The number of rotatable bonds is 5. The molecular weight excluding hydrogens is 270 g/mol. The van der Waals surface area contributed by atoms with E-state index in [4.69, 9.17) is 9.52 Å². The molecule has 1 rings (SSSR count). The maximum Gasteiger partial charge on any atom is 0.339 e. The molecule has 0 fully saturated rings. The molecule has 6 nitrogen and oxygen atoms in total. The summed E-state index contributed by atoms with van der Waals surface area (Å²) in [7, 11) is -3.42. The predicted molar refractivity (Wildman–Crippen MR) is 70.5 cm³/mol. The third-order valence-corrected chi connectivity index (χ3v) is 4.12. The molecule has 0 amide bonds. The van der Waals surface area contributed by atoms with Gasteiger partial charge >= 0.3 is 5.97 Å². The van der Waals surface area contributed by atoms with Crippen molar-refractivity contribution in [3.63, 3.8) is 0 Å². The monoisotopic (exact) mass is 289 g/mol. The molecule has 108 valence electrons. The highest BCUT2D eigenvalue weighted by Crippen LogP contribution is 2.17. The number of aryl methyl sites for hydroxylation is 1. The molecule has 19 heavy (non-hydrogen) atoms. The summed E-state index contributed by atoms with van der Waals surface area (Å²) >= 11 is 0. The largest absolute Gasteiger partial charge is 0.478 e. The van der Waals surface area contributed by atoms with Crippen molar-refractivity contribution in [3.8, 4) is 0 Å². The summed E-state index contributed by atoms with van der Waals surface area (Å²) in [4.78, 5) is 10.8. The average Bonchev–Trinajstić information content (AvgIpc) is 2.53. The van der Waals surface area contributed by atoms with Gasteiger partial charge in [0.1, 0.15) is 17.1 Å². The van der Waals surface area contributed by atoms with E-state index in [9.17, 15) is 13.2 Å². The van der Waals surface area contributed by atoms with Crippen LogP contribution in [0.1, 0.15) is 42.6 Å². The van der Waals surface area contributed by atoms with Crippen molar-refractivity contribution in [1.29, 1.82) is 0 Å². The zero-order chi connectivity index (χ0) is 14.8. The molecule has 0 aliphatic carbocycles. The van der Waals surface area contributed by atoms with Crippen molar-refractivity contribution in [1.82, 2.24) is 4.72 Å². The van der Waals surface area contributed by atoms with Crippen LogP contribution in [0.5, 0.6) is 0 Å². The molecule has 7 heteroatoms. The molecule has 0 radical (unpaired) electrons. The molecule has 0 aromatic carbocycles. The molecule has 0 aliphatic heterocycles. The van der Waals surface area contributed by atoms with Gasteiger partial charge < -0.3 is 9.52 Å². The van der Waals surface area contributed by atoms with Gasteiger partial charge in [0, 0.05) is 0 Å². The number of nitrogens with one attached hydrogen (secondary N) is 1. The Hall–Kier alpha value is -1.34. The van der Waals surface area contributed by atoms with E-state index in [-0.39, 0.29) is 34.8 Å². The minimum atomic E-state index is -3.42. The first-order chi connectivity index (χ1) is 8.50. The average molecular weight is 289 g/mol. The maximum atomic E-state index is 11.8. The summed E-state index contributed by atoms with van der Waals surface area (Å²) in [5, 5.41) is 8.86. The van der Waals surface area contributed by atoms with E-state index in [1.807, 2.05) is 20.8 Å². The highest BCUT2D eigenvalue weighted by Gasteiger charge is 2.22. The Morgan fingerprint density at radius 1 is 1.42 bits per heavy atom. The fraction of sp³-hybridized carbons (Fsp3) is 0.583. The first kappa shape index (κ1) is 15.7. The van der Waals surface area contributed by atoms with Gasteiger partial charge in [-0.05, 0) is 18.4 Å². The van der Waals surface area contributed by atoms with E-state index in [2.05, 4.69) is 4.72 Å². The molecule has 0 unspecified atom stereocenters. The van der Waals surface area contributed by atoms with Crippen LogP contribution in [0.15, 0.2) is 10.5 Å². The molecule has 2 N–H and O–H groups in total. The SMILES string of the molecule is Cc1oc(CNS(=O)(=O)CC(C)(C)C)cc1C(=O)O. The van der Waals surface area contributed by atoms with Gasteiger partial charge in [-0.2, -0.15) is 0 Å². The smallest absolute Gasteiger partial charge is 0.339 e. The summed E-state index contributed by atoms with van der Waals surface area (Å²) < 4.78 is 31.1. The highest BCUT2D eigenvalue weighted by molar-refractivity contribution is 7.89. The van der Waals surface area contributed by atoms with Gasteiger partial charge in [0.25, 0.3) is 0 Å². The third-order valence-electron chi connectivity index (χ3n) is 2.29. The minimum absolute atomic E-state index is 0.00845. The fourth-order valence-electron chi connectivity index (χ4n) is 1.65. The number of aromatic carboxylic acids is 1. The van der Waals surface area contributed by atoms with Crippen LogP contribution in [0, 0.1) is 12.3 Å². The summed E-state index contributed by atoms with van der Waals surface area (Å²) in [6.07, 6.45) is 0. The topological polar surface area (TPSA) is 96.6 Å². The summed E-state index contributed by atoms with van der Waals surface area (Å²) in [6, 6.07) is 1.33. The van der Waals surface area contributed by atoms with Crippen LogP contribution in [0.3, 0.4) is 0 Å². The van der Waals surface area contributed by atoms with Gasteiger partial charge in [-0.3, -0.25) is 0 Å². The number of hydrogen-bond donors (Lipinski definition) is 2. The molecule has 1 heterocycles. The Balaban J connectivity index is 2.72. The number of sulfonamides is 1. The van der Waals surface area contributed by atoms with Crippen molar-refractivity contribution in [2.75, 3.05) is 5.75 Å². The van der Waals surface area contributed by atoms with E-state index in [1.165, 1.54) is 13.0 Å². The normalized spacial score (nSPS) is 12.6. The van der Waals surface area contributed by atoms with Crippen LogP contribution < -0.4 is 4.72 Å². The number of carboxylic acids is 1. The lowest BCUT2D eigenvalue weighted by Gasteiger charge is -2.17. The second-order valence-corrected chi connectivity index (χ2v) is 7.44. The van der Waals surface area contributed by atoms with E-state index < -0.39 is 16.0 Å². The van der Waals surface area contributed by atoms with E-state index in [0.717, 1.165) is 0 Å². The summed E-state index contributed by atoms with van der Waals surface area (Å²) in [5.74, 6) is -0.555. The zero-order valence-corrected chi connectivity index (χ0v) is 12.3. The molecule has 0 bridgehead atoms. The number of carbonyl (C=O) groups is 1. The van der Waals surface area contributed by atoms with Gasteiger partial charge in [-0.25, -0.2) is 17.9 Å². The summed E-state index contributed by atoms with van der Waals surface area (Å²) in [6.45, 7) is 6.95. The number of hydrogen-bond acceptors (Lipinski definition) is 4. The van der Waals surface area contributed by atoms with Crippen LogP contribution in [-0.4, -0.2) is 25.2 Å². The van der Waals surface area contributed by atoms with Crippen LogP contribution in [0.25, 0.3) is 0 Å². The van der Waals surface area contributed by atoms with Crippen molar-refractivity contribution >= 4 is 16.0 Å². The zero-order valence-electron chi connectivity index (χ0n) is 11.5. The predicted octanol–water partition coefficient (Wildman–Crippen LogP) is 1.75. The summed E-state index contributed by atoms with van der Waals surface area (Å²) in [5.41, 5.74) is -0.304. The first-order valence-electron chi connectivity index (χ1n) is 5.80. The lowest BCUT2D eigenvalue weighted by molar-refractivity contribution is 0.0695. The second-order valence-electron chi connectivity index (χ2n) is 5.63. The molecule has 0 saturated carbocycles. The Morgan fingerprint density at radius 3 is 2.42 bits per heavy atom. The standard InChI is InChI=1S/C12H19NO5S/c1-8-10(11(14)15)5-9(18-8)6-13-19(16,17)7-12(2,3)4/h5,13H,6-7H2,1-4H3,(H,14,15). The maximum absolute atomic E-state index is 11.8. The molecular formula is C12H19NO5S. The Bertz CT molecular complexity index is 565. The number of furan rings is 1. The van der Waals surface area contributed by atoms with Crippen LogP contribution in [-0.2, 0) is 16.6 Å². The second kappa shape index (κ2) is 5.34. The molecule has 0 aliphatic rings. The Labute approximate surface area is 112 Å². The van der Waals surface area contributed by atoms with Crippen molar-refractivity contribution in [2.45, 2.75) is 34.2 Å². The molecule has 1 aromatic rings. The van der Waals surface area contributed by atoms with Crippen molar-refractivity contribution < 1.29 is 22.7 Å². The number of carboxylic acid groups (broad SMARTS) is 1. The van der Waals surface area contributed by atoms with E-state index >= 15 is 0 Å². The third kappa shape index (κ3) is 5.04. The van der Waals surface area contributed by atoms with Crippen LogP contribution in [0.2, 0.25) is 0 Å². The Morgan fingerprint density at radius 2 is 2.00 bits per heavy atom. The first-order valence-corrected chi connectivity index (χ1v) is 7.45. The molecule has 0 atom stereocenters. The fourth-order valence-corrected chi connectivity index (χ4v) is 3.25. The minimum Gasteiger partial charge on any atom is -0.478 e. The van der Waals surface area contributed by atoms with Gasteiger partial charge in [0.05, 0.1) is 12.3 Å². The Kier molecular flexibility index (Phi) is 4.42. The lowest BCUT2D eigenvalue weighted by atomic mass is 10.0. The molecule has 1 aromatic heterocycles. The lowest BCUT2D eigenvalue weighted by Crippen LogP contribution is -2.31. The van der Waals surface area contributed by atoms with Crippen LogP contribution >= 0.6 is 0 Å². The molecule has 0 spiro atoms. The van der Waals surface area contributed by atoms with Gasteiger partial charge in [0.2, 0.25) is 10.0 Å². The van der Waals surface area contributed by atoms with E-state index in [0.29, 0.717) is 0 Å². The molecule has 0 saturated heterocycles. The van der Waals surface area contributed by atoms with Gasteiger partial charge in [0.15, 0.2) is 0 Å². The highest BCUT2D eigenvalue weighted by atomic mass is 32.2. The van der Waals surface area contributed by atoms with Crippen molar-refractivity contribution in [3.05, 3.63) is 23.2 Å². The van der Waals surface area contributed by atoms with Gasteiger partial charge in [-0.1, -0.05) is 20.8 Å². The van der Waals surface area contributed by atoms with Crippen molar-refractivity contribution in [2.24, 2.45) is 5.41 Å². The van der Waals surface area contributed by atoms with Gasteiger partial charge in [-0.15, -0.1) is 0 Å².